The molecule has 5 heteroatoms. The Morgan fingerprint density at radius 2 is 1.26 bits per heavy atom. The van der Waals surface area contributed by atoms with Gasteiger partial charge in [-0.2, -0.15) is 0 Å². The average Bonchev–Trinajstić information content (AvgIpc) is 2.64. The number of anilines is 1. The van der Waals surface area contributed by atoms with E-state index in [2.05, 4.69) is 0 Å². The predicted octanol–water partition coefficient (Wildman–Crippen LogP) is 3.30. The van der Waals surface area contributed by atoms with E-state index in [9.17, 15) is 19.8 Å². The third kappa shape index (κ3) is 2.92. The monoisotopic (exact) mass is 319 g/mol. The number of imide groups is 1. The van der Waals surface area contributed by atoms with E-state index >= 15 is 0 Å². The number of phenolic OH excluding ortho intramolecular Hbond substituents is 2. The second-order valence-electron chi connectivity index (χ2n) is 8.37. The summed E-state index contributed by atoms with van der Waals surface area (Å²) in [5.74, 6) is -2.03. The molecular formula is C18H25NO4. The van der Waals surface area contributed by atoms with Crippen molar-refractivity contribution in [2.75, 3.05) is 4.90 Å². The van der Waals surface area contributed by atoms with Gasteiger partial charge in [0.15, 0.2) is 11.5 Å². The number of rotatable bonds is 1. The number of hydrogen-bond donors (Lipinski definition) is 2. The zero-order valence-corrected chi connectivity index (χ0v) is 14.5. The molecule has 2 atom stereocenters. The first-order valence-corrected chi connectivity index (χ1v) is 7.75. The number of amides is 2. The van der Waals surface area contributed by atoms with Crippen molar-refractivity contribution in [1.29, 1.82) is 0 Å². The standard InChI is InChI=1S/C18H25NO4/c1-17(2,3)13-14(18(4,5)6)16(23)19(15(13)22)10-7-8-11(20)12(21)9-10/h7-9,13-14,20-21H,1-6H3. The normalized spacial score (nSPS) is 22.8. The molecule has 2 rings (SSSR count). The molecular weight excluding hydrogens is 294 g/mol. The van der Waals surface area contributed by atoms with Crippen molar-refractivity contribution < 1.29 is 19.8 Å². The summed E-state index contributed by atoms with van der Waals surface area (Å²) in [4.78, 5) is 27.1. The molecule has 1 saturated heterocycles. The lowest BCUT2D eigenvalue weighted by Crippen LogP contribution is -2.38. The van der Waals surface area contributed by atoms with E-state index in [1.165, 1.54) is 18.2 Å². The molecule has 1 aromatic rings. The Kier molecular flexibility index (Phi) is 3.95. The van der Waals surface area contributed by atoms with Crippen LogP contribution in [0, 0.1) is 22.7 Å². The molecule has 2 amide bonds. The van der Waals surface area contributed by atoms with Crippen LogP contribution >= 0.6 is 0 Å². The van der Waals surface area contributed by atoms with Crippen molar-refractivity contribution >= 4 is 17.5 Å². The molecule has 23 heavy (non-hydrogen) atoms. The molecule has 0 saturated carbocycles. The molecule has 1 fully saturated rings. The summed E-state index contributed by atoms with van der Waals surface area (Å²) >= 11 is 0. The second kappa shape index (κ2) is 5.25. The fourth-order valence-electron chi connectivity index (χ4n) is 3.32. The van der Waals surface area contributed by atoms with Crippen LogP contribution in [-0.4, -0.2) is 22.0 Å². The zero-order chi connectivity index (χ0) is 17.7. The Morgan fingerprint density at radius 1 is 0.826 bits per heavy atom. The fourth-order valence-corrected chi connectivity index (χ4v) is 3.32. The van der Waals surface area contributed by atoms with Gasteiger partial charge < -0.3 is 10.2 Å². The fraction of sp³-hybridized carbons (Fsp3) is 0.556. The van der Waals surface area contributed by atoms with Gasteiger partial charge in [-0.3, -0.25) is 9.59 Å². The highest BCUT2D eigenvalue weighted by Gasteiger charge is 2.56. The zero-order valence-electron chi connectivity index (χ0n) is 14.5. The van der Waals surface area contributed by atoms with Gasteiger partial charge in [0.05, 0.1) is 17.5 Å². The third-order valence-corrected chi connectivity index (χ3v) is 4.39. The maximum Gasteiger partial charge on any atom is 0.238 e. The summed E-state index contributed by atoms with van der Waals surface area (Å²) in [5, 5.41) is 19.1. The number of phenols is 2. The molecule has 2 N–H and O–H groups in total. The second-order valence-corrected chi connectivity index (χ2v) is 8.37. The maximum absolute atomic E-state index is 13.0. The van der Waals surface area contributed by atoms with Crippen molar-refractivity contribution in [3.05, 3.63) is 18.2 Å². The van der Waals surface area contributed by atoms with Gasteiger partial charge in [-0.1, -0.05) is 41.5 Å². The van der Waals surface area contributed by atoms with Crippen molar-refractivity contribution in [2.24, 2.45) is 22.7 Å². The SMILES string of the molecule is CC(C)(C)C1C(=O)N(c2ccc(O)c(O)c2)C(=O)C1C(C)(C)C. The molecule has 1 heterocycles. The minimum Gasteiger partial charge on any atom is -0.504 e. The van der Waals surface area contributed by atoms with Crippen molar-refractivity contribution in [1.82, 2.24) is 0 Å². The van der Waals surface area contributed by atoms with Crippen LogP contribution in [0.4, 0.5) is 5.69 Å². The lowest BCUT2D eigenvalue weighted by Gasteiger charge is -2.35. The number of aromatic hydroxyl groups is 2. The van der Waals surface area contributed by atoms with Gasteiger partial charge in [0.2, 0.25) is 11.8 Å². The van der Waals surface area contributed by atoms with E-state index in [-0.39, 0.29) is 39.8 Å². The Bertz CT molecular complexity index is 620. The third-order valence-electron chi connectivity index (χ3n) is 4.39. The number of nitrogens with zero attached hydrogens (tertiary/aromatic N) is 1. The van der Waals surface area contributed by atoms with Crippen LogP contribution in [-0.2, 0) is 9.59 Å². The molecule has 126 valence electrons. The van der Waals surface area contributed by atoms with Gasteiger partial charge in [0.1, 0.15) is 0 Å². The molecule has 0 aliphatic carbocycles. The van der Waals surface area contributed by atoms with E-state index in [0.717, 1.165) is 4.90 Å². The summed E-state index contributed by atoms with van der Waals surface area (Å²) in [6.07, 6.45) is 0. The van der Waals surface area contributed by atoms with Gasteiger partial charge in [0.25, 0.3) is 0 Å². The summed E-state index contributed by atoms with van der Waals surface area (Å²) in [5.41, 5.74) is -0.437. The van der Waals surface area contributed by atoms with Gasteiger partial charge in [-0.15, -0.1) is 0 Å². The predicted molar refractivity (Wildman–Crippen MR) is 88.2 cm³/mol. The first-order chi connectivity index (χ1) is 10.4. The van der Waals surface area contributed by atoms with Crippen LogP contribution in [0.3, 0.4) is 0 Å². The van der Waals surface area contributed by atoms with Gasteiger partial charge >= 0.3 is 0 Å². The van der Waals surface area contributed by atoms with E-state index in [4.69, 9.17) is 0 Å². The quantitative estimate of drug-likeness (QED) is 0.615. The Labute approximate surface area is 136 Å². The summed E-state index contributed by atoms with van der Waals surface area (Å²) in [7, 11) is 0. The molecule has 1 aromatic carbocycles. The molecule has 1 aliphatic heterocycles. The maximum atomic E-state index is 13.0. The smallest absolute Gasteiger partial charge is 0.238 e. The molecule has 0 bridgehead atoms. The number of benzene rings is 1. The van der Waals surface area contributed by atoms with Gasteiger partial charge in [-0.25, -0.2) is 4.90 Å². The summed E-state index contributed by atoms with van der Waals surface area (Å²) in [6, 6.07) is 3.99. The van der Waals surface area contributed by atoms with Gasteiger partial charge in [-0.05, 0) is 23.0 Å². The van der Waals surface area contributed by atoms with Gasteiger partial charge in [0, 0.05) is 6.07 Å². The topological polar surface area (TPSA) is 77.8 Å². The van der Waals surface area contributed by atoms with Crippen molar-refractivity contribution in [3.63, 3.8) is 0 Å². The summed E-state index contributed by atoms with van der Waals surface area (Å²) < 4.78 is 0. The highest BCUT2D eigenvalue weighted by Crippen LogP contribution is 2.48. The van der Waals surface area contributed by atoms with E-state index in [1.807, 2.05) is 41.5 Å². The molecule has 0 aromatic heterocycles. The van der Waals surface area contributed by atoms with Crippen LogP contribution < -0.4 is 4.90 Å². The van der Waals surface area contributed by atoms with E-state index in [1.54, 1.807) is 0 Å². The Hall–Kier alpha value is -2.04. The Balaban J connectivity index is 2.56. The van der Waals surface area contributed by atoms with E-state index < -0.39 is 11.8 Å². The first kappa shape index (κ1) is 17.3. The first-order valence-electron chi connectivity index (χ1n) is 7.75. The minimum atomic E-state index is -0.439. The van der Waals surface area contributed by atoms with Crippen LogP contribution in [0.15, 0.2) is 18.2 Å². The molecule has 1 aliphatic rings. The number of carbonyl (C=O) groups is 2. The lowest BCUT2D eigenvalue weighted by atomic mass is 9.65. The number of hydrogen-bond acceptors (Lipinski definition) is 4. The van der Waals surface area contributed by atoms with Crippen LogP contribution in [0.1, 0.15) is 41.5 Å². The van der Waals surface area contributed by atoms with Crippen molar-refractivity contribution in [2.45, 2.75) is 41.5 Å². The lowest BCUT2D eigenvalue weighted by molar-refractivity contribution is -0.127. The largest absolute Gasteiger partial charge is 0.504 e. The molecule has 0 radical (unpaired) electrons. The number of carbonyl (C=O) groups excluding carboxylic acids is 2. The van der Waals surface area contributed by atoms with Crippen molar-refractivity contribution in [3.8, 4) is 11.5 Å². The summed E-state index contributed by atoms with van der Waals surface area (Å²) in [6.45, 7) is 11.7. The van der Waals surface area contributed by atoms with Crippen LogP contribution in [0.2, 0.25) is 0 Å². The molecule has 2 unspecified atom stereocenters. The minimum absolute atomic E-state index is 0.257. The average molecular weight is 319 g/mol. The highest BCUT2D eigenvalue weighted by molar-refractivity contribution is 6.22. The van der Waals surface area contributed by atoms with Crippen LogP contribution in [0.25, 0.3) is 0 Å². The van der Waals surface area contributed by atoms with Crippen LogP contribution in [0.5, 0.6) is 11.5 Å². The Morgan fingerprint density at radius 3 is 1.61 bits per heavy atom. The molecule has 5 nitrogen and oxygen atoms in total. The molecule has 0 spiro atoms. The highest BCUT2D eigenvalue weighted by atomic mass is 16.3. The van der Waals surface area contributed by atoms with E-state index in [0.29, 0.717) is 0 Å².